The van der Waals surface area contributed by atoms with Crippen molar-refractivity contribution < 1.29 is 41.4 Å². The van der Waals surface area contributed by atoms with Gasteiger partial charge in [0.05, 0.1) is 34.9 Å². The highest BCUT2D eigenvalue weighted by atomic mass is 35.5. The zero-order valence-corrected chi connectivity index (χ0v) is 19.6. The van der Waals surface area contributed by atoms with Gasteiger partial charge in [0.2, 0.25) is 0 Å². The first-order chi connectivity index (χ1) is 17.3. The van der Waals surface area contributed by atoms with Crippen LogP contribution in [-0.4, -0.2) is 55.6 Å². The van der Waals surface area contributed by atoms with Crippen LogP contribution in [0.15, 0.2) is 30.3 Å². The Morgan fingerprint density at radius 2 is 1.92 bits per heavy atom. The van der Waals surface area contributed by atoms with E-state index in [4.69, 9.17) is 16.3 Å². The number of alkyl halides is 3. The third-order valence-corrected chi connectivity index (χ3v) is 5.77. The van der Waals surface area contributed by atoms with Crippen molar-refractivity contribution in [1.82, 2.24) is 19.7 Å². The second kappa shape index (κ2) is 9.84. The molecule has 1 aliphatic heterocycles. The Labute approximate surface area is 210 Å². The summed E-state index contributed by atoms with van der Waals surface area (Å²) in [4.78, 5) is 29.3. The minimum Gasteiger partial charge on any atom is -0.480 e. The van der Waals surface area contributed by atoms with E-state index in [0.717, 1.165) is 17.0 Å². The van der Waals surface area contributed by atoms with Gasteiger partial charge in [0.1, 0.15) is 23.2 Å². The smallest absolute Gasteiger partial charge is 0.425 e. The number of aromatic nitrogens is 3. The van der Waals surface area contributed by atoms with Gasteiger partial charge < -0.3 is 15.2 Å². The van der Waals surface area contributed by atoms with Crippen molar-refractivity contribution in [2.45, 2.75) is 32.3 Å². The Balaban J connectivity index is 1.75. The molecule has 0 bridgehead atoms. The number of anilines is 1. The molecule has 2 N–H and O–H groups in total. The SMILES string of the molecule is CC(Oc1cc(-c2nc3n(n2)CCN(C(=O)O)C3)c(F)cc1C(=O)Nc1c(F)cccc1Cl)C(F)(F)F. The monoisotopic (exact) mass is 545 g/mol. The van der Waals surface area contributed by atoms with Crippen LogP contribution in [0.1, 0.15) is 23.1 Å². The molecule has 4 rings (SSSR count). The number of rotatable bonds is 5. The highest BCUT2D eigenvalue weighted by Gasteiger charge is 2.39. The first-order valence-corrected chi connectivity index (χ1v) is 11.0. The number of ether oxygens (including phenoxy) is 1. The number of carbonyl (C=O) groups excluding carboxylic acids is 1. The van der Waals surface area contributed by atoms with E-state index in [2.05, 4.69) is 15.4 Å². The number of carbonyl (C=O) groups is 2. The van der Waals surface area contributed by atoms with Crippen LogP contribution in [0.25, 0.3) is 11.4 Å². The molecule has 0 saturated carbocycles. The van der Waals surface area contributed by atoms with Crippen molar-refractivity contribution in [3.8, 4) is 17.1 Å². The number of hydrogen-bond donors (Lipinski definition) is 2. The lowest BCUT2D eigenvalue weighted by Gasteiger charge is -2.23. The molecule has 15 heteroatoms. The van der Waals surface area contributed by atoms with E-state index < -0.39 is 58.5 Å². The van der Waals surface area contributed by atoms with E-state index in [-0.39, 0.29) is 36.3 Å². The lowest BCUT2D eigenvalue weighted by atomic mass is 10.1. The maximum absolute atomic E-state index is 15.2. The lowest BCUT2D eigenvalue weighted by Crippen LogP contribution is -2.37. The third kappa shape index (κ3) is 5.43. The van der Waals surface area contributed by atoms with Gasteiger partial charge in [-0.05, 0) is 31.2 Å². The van der Waals surface area contributed by atoms with Crippen molar-refractivity contribution in [3.05, 3.63) is 58.4 Å². The minimum absolute atomic E-state index is 0.1000. The molecule has 3 aromatic rings. The molecular weight excluding hydrogens is 529 g/mol. The number of nitrogens with one attached hydrogen (secondary N) is 1. The topological polar surface area (TPSA) is 110 Å². The predicted molar refractivity (Wildman–Crippen MR) is 119 cm³/mol. The number of hydrogen-bond acceptors (Lipinski definition) is 5. The van der Waals surface area contributed by atoms with E-state index in [9.17, 15) is 32.3 Å². The average molecular weight is 546 g/mol. The molecule has 1 aromatic heterocycles. The summed E-state index contributed by atoms with van der Waals surface area (Å²) >= 11 is 5.89. The quantitative estimate of drug-likeness (QED) is 0.439. The highest BCUT2D eigenvalue weighted by Crippen LogP contribution is 2.34. The molecule has 0 spiro atoms. The first kappa shape index (κ1) is 26.1. The van der Waals surface area contributed by atoms with Gasteiger partial charge in [-0.25, -0.2) is 23.2 Å². The second-order valence-corrected chi connectivity index (χ2v) is 8.37. The summed E-state index contributed by atoms with van der Waals surface area (Å²) in [5.74, 6) is -3.94. The number of fused-ring (bicyclic) bond motifs is 1. The third-order valence-electron chi connectivity index (χ3n) is 5.45. The van der Waals surface area contributed by atoms with E-state index >= 15 is 4.39 Å². The molecule has 2 amide bonds. The normalized spacial score (nSPS) is 14.2. The molecule has 0 radical (unpaired) electrons. The molecule has 0 saturated heterocycles. The zero-order chi connectivity index (χ0) is 27.1. The molecule has 9 nitrogen and oxygen atoms in total. The molecule has 1 atom stereocenters. The lowest BCUT2D eigenvalue weighted by molar-refractivity contribution is -0.189. The fraction of sp³-hybridized carbons (Fsp3) is 0.273. The van der Waals surface area contributed by atoms with Crippen LogP contribution in [-0.2, 0) is 13.1 Å². The van der Waals surface area contributed by atoms with Gasteiger partial charge in [0.15, 0.2) is 11.9 Å². The molecule has 2 aromatic carbocycles. The summed E-state index contributed by atoms with van der Waals surface area (Å²) in [6.07, 6.45) is -8.42. The molecule has 0 aliphatic carbocycles. The van der Waals surface area contributed by atoms with E-state index in [0.29, 0.717) is 13.0 Å². The van der Waals surface area contributed by atoms with Crippen molar-refractivity contribution in [3.63, 3.8) is 0 Å². The van der Waals surface area contributed by atoms with Gasteiger partial charge >= 0.3 is 12.3 Å². The fourth-order valence-electron chi connectivity index (χ4n) is 3.47. The molecule has 196 valence electrons. The second-order valence-electron chi connectivity index (χ2n) is 7.96. The fourth-order valence-corrected chi connectivity index (χ4v) is 3.68. The van der Waals surface area contributed by atoms with Crippen molar-refractivity contribution >= 4 is 29.3 Å². The Hall–Kier alpha value is -3.94. The van der Waals surface area contributed by atoms with Gasteiger partial charge in [0.25, 0.3) is 5.91 Å². The molecule has 37 heavy (non-hydrogen) atoms. The summed E-state index contributed by atoms with van der Waals surface area (Å²) in [5.41, 5.74) is -1.52. The molecule has 0 fully saturated rings. The maximum atomic E-state index is 15.2. The molecule has 1 unspecified atom stereocenters. The summed E-state index contributed by atoms with van der Waals surface area (Å²) in [6, 6.07) is 4.97. The first-order valence-electron chi connectivity index (χ1n) is 10.6. The van der Waals surface area contributed by atoms with Gasteiger partial charge in [-0.1, -0.05) is 17.7 Å². The highest BCUT2D eigenvalue weighted by molar-refractivity contribution is 6.34. The van der Waals surface area contributed by atoms with Crippen LogP contribution in [0.4, 0.5) is 32.4 Å². The number of para-hydroxylation sites is 1. The van der Waals surface area contributed by atoms with Gasteiger partial charge in [-0.3, -0.25) is 9.69 Å². The zero-order valence-electron chi connectivity index (χ0n) is 18.8. The number of benzene rings is 2. The van der Waals surface area contributed by atoms with E-state index in [1.54, 1.807) is 0 Å². The molecule has 2 heterocycles. The standard InChI is InChI=1S/C22H17ClF5N5O4/c1-10(22(26,27)28)37-16-8-11(19-29-17-9-32(21(35)36)5-6-33(17)31-19)15(25)7-12(16)20(34)30-18-13(23)3-2-4-14(18)24/h2-4,7-8,10H,5-6,9H2,1H3,(H,30,34)(H,35,36). The average Bonchev–Trinajstić information content (AvgIpc) is 3.24. The van der Waals surface area contributed by atoms with Gasteiger partial charge in [0, 0.05) is 6.54 Å². The van der Waals surface area contributed by atoms with E-state index in [1.807, 2.05) is 0 Å². The Morgan fingerprint density at radius 1 is 1.19 bits per heavy atom. The Bertz CT molecular complexity index is 1360. The van der Waals surface area contributed by atoms with Crippen LogP contribution in [0.3, 0.4) is 0 Å². The van der Waals surface area contributed by atoms with Gasteiger partial charge in [-0.15, -0.1) is 0 Å². The summed E-state index contributed by atoms with van der Waals surface area (Å²) in [6.45, 7) is 0.770. The Morgan fingerprint density at radius 3 is 2.57 bits per heavy atom. The summed E-state index contributed by atoms with van der Waals surface area (Å²) in [5, 5.41) is 15.2. The largest absolute Gasteiger partial charge is 0.480 e. The van der Waals surface area contributed by atoms with Crippen LogP contribution >= 0.6 is 11.6 Å². The van der Waals surface area contributed by atoms with Crippen molar-refractivity contribution in [2.24, 2.45) is 0 Å². The number of carboxylic acid groups (broad SMARTS) is 1. The number of halogens is 6. The number of amides is 2. The van der Waals surface area contributed by atoms with Gasteiger partial charge in [-0.2, -0.15) is 18.3 Å². The summed E-state index contributed by atoms with van der Waals surface area (Å²) < 4.78 is 75.3. The van der Waals surface area contributed by atoms with Crippen LogP contribution in [0.2, 0.25) is 5.02 Å². The predicted octanol–water partition coefficient (Wildman–Crippen LogP) is 4.95. The summed E-state index contributed by atoms with van der Waals surface area (Å²) in [7, 11) is 0. The van der Waals surface area contributed by atoms with Crippen molar-refractivity contribution in [2.75, 3.05) is 11.9 Å². The Kier molecular flexibility index (Phi) is 6.95. The minimum atomic E-state index is -4.83. The van der Waals surface area contributed by atoms with Crippen molar-refractivity contribution in [1.29, 1.82) is 0 Å². The molecule has 1 aliphatic rings. The maximum Gasteiger partial charge on any atom is 0.425 e. The van der Waals surface area contributed by atoms with Crippen LogP contribution < -0.4 is 10.1 Å². The van der Waals surface area contributed by atoms with E-state index in [1.165, 1.54) is 16.8 Å². The number of nitrogens with zero attached hydrogens (tertiary/aromatic N) is 4. The molecular formula is C22H17ClF5N5O4. The van der Waals surface area contributed by atoms with Crippen LogP contribution in [0, 0.1) is 11.6 Å². The van der Waals surface area contributed by atoms with Crippen LogP contribution in [0.5, 0.6) is 5.75 Å².